The Bertz CT molecular complexity index is 497. The molecule has 112 valence electrons. The van der Waals surface area contributed by atoms with Crippen LogP contribution in [0.4, 0.5) is 0 Å². The number of aliphatic imine (C=N–C) groups is 1. The third-order valence-corrected chi connectivity index (χ3v) is 3.79. The summed E-state index contributed by atoms with van der Waals surface area (Å²) in [5.74, 6) is 2.37. The van der Waals surface area contributed by atoms with Crippen LogP contribution in [0.25, 0.3) is 0 Å². The molecule has 0 saturated carbocycles. The Morgan fingerprint density at radius 2 is 1.95 bits per heavy atom. The Labute approximate surface area is 144 Å². The van der Waals surface area contributed by atoms with Crippen molar-refractivity contribution in [3.8, 4) is 11.5 Å². The second-order valence-corrected chi connectivity index (χ2v) is 5.13. The van der Waals surface area contributed by atoms with Gasteiger partial charge in [-0.2, -0.15) is 0 Å². The first-order chi connectivity index (χ1) is 9.15. The number of benzene rings is 1. The van der Waals surface area contributed by atoms with Crippen molar-refractivity contribution in [2.75, 3.05) is 34.4 Å². The van der Waals surface area contributed by atoms with Crippen LogP contribution in [0.3, 0.4) is 0 Å². The van der Waals surface area contributed by atoms with Gasteiger partial charge in [0.2, 0.25) is 0 Å². The van der Waals surface area contributed by atoms with Crippen LogP contribution in [0, 0.1) is 0 Å². The molecule has 2 rings (SSSR count). The molecule has 0 radical (unpaired) electrons. The summed E-state index contributed by atoms with van der Waals surface area (Å²) in [6.07, 6.45) is 0. The smallest absolute Gasteiger partial charge is 0.194 e. The first-order valence-electron chi connectivity index (χ1n) is 6.05. The lowest BCUT2D eigenvalue weighted by Crippen LogP contribution is -2.35. The molecular weight excluding hydrogens is 437 g/mol. The van der Waals surface area contributed by atoms with Crippen LogP contribution in [0.2, 0.25) is 0 Å². The molecule has 20 heavy (non-hydrogen) atoms. The lowest BCUT2D eigenvalue weighted by Gasteiger charge is -2.17. The number of rotatable bonds is 4. The highest BCUT2D eigenvalue weighted by Crippen LogP contribution is 2.33. The second kappa shape index (κ2) is 7.92. The van der Waals surface area contributed by atoms with Gasteiger partial charge in [-0.05, 0) is 17.7 Å². The molecule has 1 aliphatic heterocycles. The van der Waals surface area contributed by atoms with E-state index in [1.807, 2.05) is 19.2 Å². The molecule has 1 heterocycles. The molecule has 7 heteroatoms. The summed E-state index contributed by atoms with van der Waals surface area (Å²) in [5, 5.41) is 3.33. The van der Waals surface area contributed by atoms with Gasteiger partial charge in [-0.15, -0.1) is 24.0 Å². The van der Waals surface area contributed by atoms with E-state index in [2.05, 4.69) is 31.1 Å². The SMILES string of the molecule is COc1cc(Br)c(CNC2=NCCN2C)cc1OC.I. The Kier molecular flexibility index (Phi) is 6.87. The van der Waals surface area contributed by atoms with Gasteiger partial charge in [-0.1, -0.05) is 15.9 Å². The zero-order valence-electron chi connectivity index (χ0n) is 11.8. The number of hydrogen-bond acceptors (Lipinski definition) is 5. The highest BCUT2D eigenvalue weighted by molar-refractivity contribution is 14.0. The van der Waals surface area contributed by atoms with Crippen LogP contribution in [0.15, 0.2) is 21.6 Å². The van der Waals surface area contributed by atoms with E-state index in [1.54, 1.807) is 14.2 Å². The molecule has 0 atom stereocenters. The molecule has 1 N–H and O–H groups in total. The molecular formula is C13H19BrIN3O2. The van der Waals surface area contributed by atoms with E-state index in [0.29, 0.717) is 12.3 Å². The lowest BCUT2D eigenvalue weighted by molar-refractivity contribution is 0.354. The average Bonchev–Trinajstić information content (AvgIpc) is 2.82. The Morgan fingerprint density at radius 3 is 2.50 bits per heavy atom. The monoisotopic (exact) mass is 455 g/mol. The molecule has 0 saturated heterocycles. The normalized spacial score (nSPS) is 13.6. The van der Waals surface area contributed by atoms with E-state index in [-0.39, 0.29) is 24.0 Å². The summed E-state index contributed by atoms with van der Waals surface area (Å²) in [4.78, 5) is 6.50. The van der Waals surface area contributed by atoms with Crippen LogP contribution in [0.1, 0.15) is 5.56 Å². The summed E-state index contributed by atoms with van der Waals surface area (Å²) < 4.78 is 11.6. The molecule has 0 bridgehead atoms. The van der Waals surface area contributed by atoms with E-state index in [4.69, 9.17) is 9.47 Å². The minimum absolute atomic E-state index is 0. The van der Waals surface area contributed by atoms with Gasteiger partial charge in [0.05, 0.1) is 20.8 Å². The zero-order valence-corrected chi connectivity index (χ0v) is 15.7. The van der Waals surface area contributed by atoms with Crippen molar-refractivity contribution in [1.82, 2.24) is 10.2 Å². The van der Waals surface area contributed by atoms with Crippen LogP contribution in [0.5, 0.6) is 11.5 Å². The quantitative estimate of drug-likeness (QED) is 0.708. The molecule has 1 aromatic rings. The van der Waals surface area contributed by atoms with Crippen molar-refractivity contribution in [1.29, 1.82) is 0 Å². The second-order valence-electron chi connectivity index (χ2n) is 4.28. The molecule has 1 aromatic carbocycles. The molecule has 1 aliphatic rings. The first kappa shape index (κ1) is 17.4. The highest BCUT2D eigenvalue weighted by Gasteiger charge is 2.14. The molecule has 0 aromatic heterocycles. The zero-order chi connectivity index (χ0) is 13.8. The van der Waals surface area contributed by atoms with Gasteiger partial charge in [0.15, 0.2) is 17.5 Å². The van der Waals surface area contributed by atoms with E-state index in [9.17, 15) is 0 Å². The number of halogens is 2. The molecule has 5 nitrogen and oxygen atoms in total. The predicted octanol–water partition coefficient (Wildman–Crippen LogP) is 2.48. The first-order valence-corrected chi connectivity index (χ1v) is 6.85. The summed E-state index contributed by atoms with van der Waals surface area (Å²) in [6, 6.07) is 3.88. The highest BCUT2D eigenvalue weighted by atomic mass is 127. The number of nitrogens with one attached hydrogen (secondary N) is 1. The predicted molar refractivity (Wildman–Crippen MR) is 94.4 cm³/mol. The van der Waals surface area contributed by atoms with Gasteiger partial charge in [0, 0.05) is 24.6 Å². The maximum atomic E-state index is 5.31. The molecule has 0 aliphatic carbocycles. The van der Waals surface area contributed by atoms with Crippen molar-refractivity contribution >= 4 is 45.9 Å². The van der Waals surface area contributed by atoms with Crippen molar-refractivity contribution in [2.24, 2.45) is 4.99 Å². The number of methoxy groups -OCH3 is 2. The third-order valence-electron chi connectivity index (χ3n) is 3.05. The van der Waals surface area contributed by atoms with Gasteiger partial charge in [-0.25, -0.2) is 0 Å². The van der Waals surface area contributed by atoms with Crippen molar-refractivity contribution < 1.29 is 9.47 Å². The van der Waals surface area contributed by atoms with Gasteiger partial charge in [-0.3, -0.25) is 4.99 Å². The van der Waals surface area contributed by atoms with Crippen LogP contribution in [-0.2, 0) is 6.54 Å². The van der Waals surface area contributed by atoms with Gasteiger partial charge >= 0.3 is 0 Å². The van der Waals surface area contributed by atoms with Crippen LogP contribution < -0.4 is 14.8 Å². The molecule has 0 spiro atoms. The minimum atomic E-state index is 0. The van der Waals surface area contributed by atoms with Crippen molar-refractivity contribution in [2.45, 2.75) is 6.54 Å². The van der Waals surface area contributed by atoms with Crippen LogP contribution in [-0.4, -0.2) is 45.2 Å². The summed E-state index contributed by atoms with van der Waals surface area (Å²) in [6.45, 7) is 2.51. The maximum Gasteiger partial charge on any atom is 0.194 e. The maximum absolute atomic E-state index is 5.31. The fourth-order valence-corrected chi connectivity index (χ4v) is 2.39. The van der Waals surface area contributed by atoms with Gasteiger partial charge < -0.3 is 19.7 Å². The fraction of sp³-hybridized carbons (Fsp3) is 0.462. The van der Waals surface area contributed by atoms with E-state index >= 15 is 0 Å². The fourth-order valence-electron chi connectivity index (χ4n) is 1.93. The molecule has 0 fully saturated rings. The number of hydrogen-bond donors (Lipinski definition) is 1. The van der Waals surface area contributed by atoms with Crippen molar-refractivity contribution in [3.63, 3.8) is 0 Å². The summed E-state index contributed by atoms with van der Waals surface area (Å²) in [5.41, 5.74) is 1.10. The number of guanidine groups is 1. The average molecular weight is 456 g/mol. The standard InChI is InChI=1S/C13H18BrN3O2.HI/c1-17-5-4-15-13(17)16-8-9-6-11(18-2)12(19-3)7-10(9)14;/h6-7H,4-5,8H2,1-3H3,(H,15,16);1H. The molecule has 0 amide bonds. The Morgan fingerprint density at radius 1 is 1.30 bits per heavy atom. The summed E-state index contributed by atoms with van der Waals surface area (Å²) in [7, 11) is 5.30. The van der Waals surface area contributed by atoms with Crippen molar-refractivity contribution in [3.05, 3.63) is 22.2 Å². The minimum Gasteiger partial charge on any atom is -0.493 e. The summed E-state index contributed by atoms with van der Waals surface area (Å²) >= 11 is 3.55. The van der Waals surface area contributed by atoms with Gasteiger partial charge in [0.25, 0.3) is 0 Å². The van der Waals surface area contributed by atoms with E-state index in [1.165, 1.54) is 0 Å². The number of ether oxygens (including phenoxy) is 2. The Balaban J connectivity index is 0.00000200. The topological polar surface area (TPSA) is 46.1 Å². The van der Waals surface area contributed by atoms with E-state index in [0.717, 1.165) is 34.8 Å². The number of likely N-dealkylation sites (N-methyl/N-ethyl adjacent to an activating group) is 1. The van der Waals surface area contributed by atoms with Gasteiger partial charge in [0.1, 0.15) is 0 Å². The van der Waals surface area contributed by atoms with Crippen LogP contribution >= 0.6 is 39.9 Å². The number of nitrogens with zero attached hydrogens (tertiary/aromatic N) is 2. The largest absolute Gasteiger partial charge is 0.493 e. The van der Waals surface area contributed by atoms with E-state index < -0.39 is 0 Å². The Hall–Kier alpha value is -0.700. The molecule has 0 unspecified atom stereocenters. The third kappa shape index (κ3) is 3.91. The lowest BCUT2D eigenvalue weighted by atomic mass is 10.2.